The molecule has 1 heterocycles. The molecule has 1 amide bonds. The van der Waals surface area contributed by atoms with Crippen LogP contribution in [0.2, 0.25) is 5.02 Å². The summed E-state index contributed by atoms with van der Waals surface area (Å²) in [6, 6.07) is 21.4. The number of amides is 1. The molecule has 1 N–H and O–H groups in total. The second-order valence-electron chi connectivity index (χ2n) is 7.30. The molecule has 4 aromatic rings. The highest BCUT2D eigenvalue weighted by atomic mass is 35.5. The zero-order valence-electron chi connectivity index (χ0n) is 17.5. The second kappa shape index (κ2) is 9.00. The Balaban J connectivity index is 1.69. The molecule has 0 aliphatic rings. The number of nitrogens with one attached hydrogen (secondary N) is 1. The van der Waals surface area contributed by atoms with Crippen LogP contribution < -0.4 is 5.32 Å². The van der Waals surface area contributed by atoms with Crippen LogP contribution in [-0.4, -0.2) is 21.9 Å². The molecule has 3 aromatic carbocycles. The quantitative estimate of drug-likeness (QED) is 0.346. The van der Waals surface area contributed by atoms with Crippen LogP contribution in [0.25, 0.3) is 22.4 Å². The van der Waals surface area contributed by atoms with Gasteiger partial charge < -0.3 is 5.32 Å². The normalized spacial score (nSPS) is 10.8. The molecule has 0 fully saturated rings. The number of benzene rings is 3. The van der Waals surface area contributed by atoms with Crippen LogP contribution in [0.15, 0.2) is 77.8 Å². The Hall–Kier alpha value is -3.02. The van der Waals surface area contributed by atoms with Crippen molar-refractivity contribution in [1.29, 1.82) is 0 Å². The molecule has 0 saturated carbocycles. The van der Waals surface area contributed by atoms with E-state index in [-0.39, 0.29) is 5.91 Å². The van der Waals surface area contributed by atoms with Gasteiger partial charge in [-0.25, -0.2) is 0 Å². The van der Waals surface area contributed by atoms with E-state index in [1.54, 1.807) is 28.6 Å². The summed E-state index contributed by atoms with van der Waals surface area (Å²) in [5.74, 6) is -0.168. The van der Waals surface area contributed by atoms with Crippen LogP contribution >= 0.6 is 23.4 Å². The van der Waals surface area contributed by atoms with Crippen molar-refractivity contribution in [2.45, 2.75) is 11.8 Å². The molecule has 31 heavy (non-hydrogen) atoms. The number of carbonyl (C=O) groups excluding carboxylic acids is 1. The summed E-state index contributed by atoms with van der Waals surface area (Å²) in [6.45, 7) is 2.05. The van der Waals surface area contributed by atoms with Crippen LogP contribution in [-0.2, 0) is 7.05 Å². The van der Waals surface area contributed by atoms with E-state index in [0.717, 1.165) is 32.8 Å². The monoisotopic (exact) mass is 447 g/mol. The van der Waals surface area contributed by atoms with Crippen molar-refractivity contribution in [1.82, 2.24) is 9.78 Å². The van der Waals surface area contributed by atoms with E-state index in [1.807, 2.05) is 55.9 Å². The van der Waals surface area contributed by atoms with Gasteiger partial charge in [0.2, 0.25) is 0 Å². The van der Waals surface area contributed by atoms with Crippen molar-refractivity contribution < 1.29 is 4.79 Å². The van der Waals surface area contributed by atoms with Gasteiger partial charge in [-0.2, -0.15) is 5.10 Å². The average Bonchev–Trinajstić information content (AvgIpc) is 3.20. The van der Waals surface area contributed by atoms with Gasteiger partial charge in [0, 0.05) is 35.0 Å². The highest BCUT2D eigenvalue weighted by molar-refractivity contribution is 7.98. The van der Waals surface area contributed by atoms with E-state index in [2.05, 4.69) is 35.5 Å². The third-order valence-electron chi connectivity index (χ3n) is 5.01. The summed E-state index contributed by atoms with van der Waals surface area (Å²) in [7, 11) is 1.86. The van der Waals surface area contributed by atoms with Gasteiger partial charge in [0.25, 0.3) is 5.91 Å². The molecule has 0 aliphatic carbocycles. The van der Waals surface area contributed by atoms with E-state index in [9.17, 15) is 4.79 Å². The van der Waals surface area contributed by atoms with Crippen LogP contribution in [0.1, 0.15) is 15.9 Å². The van der Waals surface area contributed by atoms with E-state index in [4.69, 9.17) is 11.6 Å². The first-order chi connectivity index (χ1) is 14.9. The lowest BCUT2D eigenvalue weighted by Crippen LogP contribution is -2.13. The number of hydrogen-bond acceptors (Lipinski definition) is 3. The third kappa shape index (κ3) is 4.68. The highest BCUT2D eigenvalue weighted by Gasteiger charge is 2.16. The first kappa shape index (κ1) is 21.2. The number of aromatic nitrogens is 2. The van der Waals surface area contributed by atoms with Gasteiger partial charge in [-0.3, -0.25) is 9.48 Å². The molecule has 0 radical (unpaired) electrons. The fraction of sp³-hybridized carbons (Fsp3) is 0.120. The van der Waals surface area contributed by atoms with Crippen molar-refractivity contribution in [2.75, 3.05) is 11.6 Å². The summed E-state index contributed by atoms with van der Waals surface area (Å²) in [5, 5.41) is 8.03. The summed E-state index contributed by atoms with van der Waals surface area (Å²) in [6.07, 6.45) is 3.89. The predicted octanol–water partition coefficient (Wildman–Crippen LogP) is 6.69. The lowest BCUT2D eigenvalue weighted by molar-refractivity contribution is 0.102. The van der Waals surface area contributed by atoms with Crippen molar-refractivity contribution in [2.24, 2.45) is 7.05 Å². The predicted molar refractivity (Wildman–Crippen MR) is 130 cm³/mol. The smallest absolute Gasteiger partial charge is 0.256 e. The summed E-state index contributed by atoms with van der Waals surface area (Å²) < 4.78 is 1.72. The Morgan fingerprint density at radius 3 is 2.58 bits per heavy atom. The molecule has 0 saturated heterocycles. The fourth-order valence-electron chi connectivity index (χ4n) is 3.46. The van der Waals surface area contributed by atoms with Crippen molar-refractivity contribution in [3.8, 4) is 22.4 Å². The Morgan fingerprint density at radius 1 is 1.03 bits per heavy atom. The van der Waals surface area contributed by atoms with Gasteiger partial charge in [0.1, 0.15) is 0 Å². The number of thioether (sulfide) groups is 1. The van der Waals surface area contributed by atoms with Gasteiger partial charge in [-0.05, 0) is 66.8 Å². The number of nitrogens with zero attached hydrogens (tertiary/aromatic N) is 2. The van der Waals surface area contributed by atoms with Gasteiger partial charge in [-0.15, -0.1) is 11.8 Å². The van der Waals surface area contributed by atoms with Gasteiger partial charge in [-0.1, -0.05) is 41.4 Å². The van der Waals surface area contributed by atoms with E-state index in [0.29, 0.717) is 16.3 Å². The van der Waals surface area contributed by atoms with Gasteiger partial charge in [0.15, 0.2) is 0 Å². The van der Waals surface area contributed by atoms with E-state index < -0.39 is 0 Å². The number of aryl methyl sites for hydroxylation is 2. The Morgan fingerprint density at radius 2 is 1.87 bits per heavy atom. The maximum absolute atomic E-state index is 13.3. The lowest BCUT2D eigenvalue weighted by atomic mass is 9.97. The number of rotatable bonds is 5. The van der Waals surface area contributed by atoms with Crippen LogP contribution in [0, 0.1) is 6.92 Å². The number of hydrogen-bond donors (Lipinski definition) is 1. The SMILES string of the molecule is CSc1ccc(C(=O)Nc2ccc(Cl)c(-c3ccn(C)n3)c2)c(-c2cccc(C)c2)c1. The van der Waals surface area contributed by atoms with Crippen molar-refractivity contribution >= 4 is 35.0 Å². The molecule has 0 unspecified atom stereocenters. The van der Waals surface area contributed by atoms with Crippen molar-refractivity contribution in [3.63, 3.8) is 0 Å². The van der Waals surface area contributed by atoms with Gasteiger partial charge >= 0.3 is 0 Å². The molecule has 156 valence electrons. The molecule has 0 spiro atoms. The van der Waals surface area contributed by atoms with E-state index in [1.165, 1.54) is 0 Å². The molecule has 4 rings (SSSR count). The molecule has 0 bridgehead atoms. The van der Waals surface area contributed by atoms with Crippen LogP contribution in [0.3, 0.4) is 0 Å². The Bertz CT molecular complexity index is 1270. The largest absolute Gasteiger partial charge is 0.322 e. The molecular formula is C25H22ClN3OS. The summed E-state index contributed by atoms with van der Waals surface area (Å²) in [4.78, 5) is 14.4. The minimum atomic E-state index is -0.168. The lowest BCUT2D eigenvalue weighted by Gasteiger charge is -2.13. The Kier molecular flexibility index (Phi) is 6.16. The van der Waals surface area contributed by atoms with Crippen LogP contribution in [0.4, 0.5) is 5.69 Å². The Labute approximate surface area is 191 Å². The maximum atomic E-state index is 13.3. The first-order valence-electron chi connectivity index (χ1n) is 9.80. The average molecular weight is 448 g/mol. The molecular weight excluding hydrogens is 426 g/mol. The summed E-state index contributed by atoms with van der Waals surface area (Å²) >= 11 is 8.04. The minimum Gasteiger partial charge on any atom is -0.322 e. The number of halogens is 1. The number of carbonyl (C=O) groups is 1. The summed E-state index contributed by atoms with van der Waals surface area (Å²) in [5.41, 5.74) is 5.90. The van der Waals surface area contributed by atoms with Gasteiger partial charge in [0.05, 0.1) is 10.7 Å². The second-order valence-corrected chi connectivity index (χ2v) is 8.59. The first-order valence-corrected chi connectivity index (χ1v) is 11.4. The molecule has 0 aliphatic heterocycles. The third-order valence-corrected chi connectivity index (χ3v) is 6.07. The number of anilines is 1. The molecule has 0 atom stereocenters. The molecule has 6 heteroatoms. The molecule has 4 nitrogen and oxygen atoms in total. The van der Waals surface area contributed by atoms with Crippen LogP contribution in [0.5, 0.6) is 0 Å². The van der Waals surface area contributed by atoms with E-state index >= 15 is 0 Å². The maximum Gasteiger partial charge on any atom is 0.256 e. The minimum absolute atomic E-state index is 0.168. The zero-order valence-corrected chi connectivity index (χ0v) is 19.1. The fourth-order valence-corrected chi connectivity index (χ4v) is 4.11. The zero-order chi connectivity index (χ0) is 22.0. The molecule has 1 aromatic heterocycles. The van der Waals surface area contributed by atoms with Crippen molar-refractivity contribution in [3.05, 3.63) is 89.1 Å². The topological polar surface area (TPSA) is 46.9 Å². The standard InChI is InChI=1S/C25H22ClN3OS/c1-16-5-4-6-17(13-16)21-15-19(31-3)8-9-20(21)25(30)27-18-7-10-23(26)22(14-18)24-11-12-29(2)28-24/h4-15H,1-3H3,(H,27,30). The highest BCUT2D eigenvalue weighted by Crippen LogP contribution is 2.32.